The van der Waals surface area contributed by atoms with Crippen molar-refractivity contribution in [3.05, 3.63) is 70.3 Å². The van der Waals surface area contributed by atoms with E-state index in [0.29, 0.717) is 30.3 Å². The highest BCUT2D eigenvalue weighted by molar-refractivity contribution is 7.92. The van der Waals surface area contributed by atoms with Crippen molar-refractivity contribution < 1.29 is 27.4 Å². The van der Waals surface area contributed by atoms with E-state index in [4.69, 9.17) is 14.2 Å². The number of hydrogen-bond donors (Lipinski definition) is 1. The molecule has 0 unspecified atom stereocenters. The zero-order chi connectivity index (χ0) is 28.2. The molecule has 0 atom stereocenters. The number of anilines is 2. The molecule has 1 N–H and O–H groups in total. The van der Waals surface area contributed by atoms with Gasteiger partial charge in [0.1, 0.15) is 12.3 Å². The molecule has 1 aromatic heterocycles. The predicted molar refractivity (Wildman–Crippen MR) is 152 cm³/mol. The van der Waals surface area contributed by atoms with Crippen LogP contribution in [-0.4, -0.2) is 46.3 Å². The zero-order valence-corrected chi connectivity index (χ0v) is 23.6. The summed E-state index contributed by atoms with van der Waals surface area (Å²) in [4.78, 5) is 25.2. The Morgan fingerprint density at radius 2 is 1.69 bits per heavy atom. The van der Waals surface area contributed by atoms with Crippen molar-refractivity contribution in [1.29, 1.82) is 0 Å². The van der Waals surface area contributed by atoms with Crippen molar-refractivity contribution >= 4 is 48.9 Å². The minimum absolute atomic E-state index is 0.0751. The second-order valence-corrected chi connectivity index (χ2v) is 11.2. The van der Waals surface area contributed by atoms with E-state index in [1.807, 2.05) is 13.8 Å². The molecule has 12 heteroatoms. The van der Waals surface area contributed by atoms with Crippen LogP contribution in [0.5, 0.6) is 17.2 Å². The summed E-state index contributed by atoms with van der Waals surface area (Å²) >= 11 is 1.08. The first-order valence-corrected chi connectivity index (χ1v) is 14.4. The van der Waals surface area contributed by atoms with Gasteiger partial charge in [-0.3, -0.25) is 18.5 Å². The first-order valence-electron chi connectivity index (χ1n) is 12.1. The molecule has 0 fully saturated rings. The number of thiazole rings is 1. The summed E-state index contributed by atoms with van der Waals surface area (Å²) in [5, 5.41) is 2.76. The molecule has 3 aromatic carbocycles. The quantitative estimate of drug-likeness (QED) is 0.285. The van der Waals surface area contributed by atoms with Crippen LogP contribution in [0, 0.1) is 0 Å². The fraction of sp³-hybridized carbons (Fsp3) is 0.259. The van der Waals surface area contributed by atoms with E-state index >= 15 is 0 Å². The first kappa shape index (κ1) is 28.0. The maximum atomic E-state index is 13.8. The number of hydrogen-bond acceptors (Lipinski definition) is 8. The van der Waals surface area contributed by atoms with Crippen LogP contribution in [0.2, 0.25) is 0 Å². The molecular formula is C27H29N3O7S2. The molecule has 0 bridgehead atoms. The van der Waals surface area contributed by atoms with Gasteiger partial charge in [0.2, 0.25) is 5.91 Å². The molecule has 39 heavy (non-hydrogen) atoms. The van der Waals surface area contributed by atoms with E-state index in [-0.39, 0.29) is 21.2 Å². The number of carbonyl (C=O) groups is 1. The standard InChI is InChI=1S/C27H29N3O7S2/c1-5-29-22-13-7-18(15-25(22)38-27(29)32)28-26(31)17-30(19-8-10-20(11-9-19)37-6-2)39(33,34)21-12-14-23(35-3)24(16-21)36-4/h7-16H,5-6,17H2,1-4H3,(H,28,31). The van der Waals surface area contributed by atoms with Gasteiger partial charge in [-0.1, -0.05) is 11.3 Å². The van der Waals surface area contributed by atoms with E-state index in [1.165, 1.54) is 32.4 Å². The monoisotopic (exact) mass is 571 g/mol. The van der Waals surface area contributed by atoms with E-state index in [0.717, 1.165) is 25.9 Å². The number of fused-ring (bicyclic) bond motifs is 1. The topological polar surface area (TPSA) is 116 Å². The number of rotatable bonds is 11. The average Bonchev–Trinajstić information content (AvgIpc) is 3.25. The molecule has 0 saturated heterocycles. The minimum Gasteiger partial charge on any atom is -0.494 e. The second-order valence-electron chi connectivity index (χ2n) is 8.30. The van der Waals surface area contributed by atoms with E-state index in [1.54, 1.807) is 47.0 Å². The summed E-state index contributed by atoms with van der Waals surface area (Å²) in [5.74, 6) is 0.618. The van der Waals surface area contributed by atoms with Crippen LogP contribution in [0.3, 0.4) is 0 Å². The minimum atomic E-state index is -4.21. The second kappa shape index (κ2) is 11.8. The molecule has 10 nitrogen and oxygen atoms in total. The number of ether oxygens (including phenoxy) is 3. The van der Waals surface area contributed by atoms with Crippen molar-refractivity contribution in [3.63, 3.8) is 0 Å². The lowest BCUT2D eigenvalue weighted by Gasteiger charge is -2.24. The summed E-state index contributed by atoms with van der Waals surface area (Å²) in [5.41, 5.74) is 1.50. The molecule has 206 valence electrons. The van der Waals surface area contributed by atoms with Gasteiger partial charge in [0.15, 0.2) is 11.5 Å². The maximum Gasteiger partial charge on any atom is 0.308 e. The molecule has 0 aliphatic carbocycles. The van der Waals surface area contributed by atoms with Gasteiger partial charge in [0.05, 0.1) is 41.6 Å². The Hall–Kier alpha value is -4.03. The number of amides is 1. The third kappa shape index (κ3) is 5.86. The summed E-state index contributed by atoms with van der Waals surface area (Å²) in [6.07, 6.45) is 0. The highest BCUT2D eigenvalue weighted by Crippen LogP contribution is 2.33. The third-order valence-electron chi connectivity index (χ3n) is 5.93. The van der Waals surface area contributed by atoms with Gasteiger partial charge in [-0.2, -0.15) is 0 Å². The molecule has 1 heterocycles. The Bertz CT molecular complexity index is 1640. The number of methoxy groups -OCH3 is 2. The van der Waals surface area contributed by atoms with Crippen LogP contribution in [0.15, 0.2) is 70.4 Å². The molecular weight excluding hydrogens is 542 g/mol. The summed E-state index contributed by atoms with van der Waals surface area (Å²) in [6.45, 7) is 4.22. The van der Waals surface area contributed by atoms with E-state index in [9.17, 15) is 18.0 Å². The van der Waals surface area contributed by atoms with Gasteiger partial charge in [0, 0.05) is 18.3 Å². The number of nitrogens with zero attached hydrogens (tertiary/aromatic N) is 2. The molecule has 4 rings (SSSR count). The van der Waals surface area contributed by atoms with Gasteiger partial charge in [-0.25, -0.2) is 8.42 Å². The average molecular weight is 572 g/mol. The maximum absolute atomic E-state index is 13.8. The van der Waals surface area contributed by atoms with Crippen LogP contribution >= 0.6 is 11.3 Å². The largest absolute Gasteiger partial charge is 0.494 e. The Morgan fingerprint density at radius 3 is 2.33 bits per heavy atom. The lowest BCUT2D eigenvalue weighted by Crippen LogP contribution is -2.38. The van der Waals surface area contributed by atoms with Gasteiger partial charge in [-0.05, 0) is 68.4 Å². The molecule has 0 spiro atoms. The highest BCUT2D eigenvalue weighted by atomic mass is 32.2. The molecule has 1 amide bonds. The molecule has 4 aromatic rings. The number of carbonyl (C=O) groups excluding carboxylic acids is 1. The normalized spacial score (nSPS) is 11.3. The number of aromatic nitrogens is 1. The van der Waals surface area contributed by atoms with Crippen molar-refractivity contribution in [3.8, 4) is 17.2 Å². The lowest BCUT2D eigenvalue weighted by molar-refractivity contribution is -0.114. The number of sulfonamides is 1. The number of aryl methyl sites for hydroxylation is 1. The van der Waals surface area contributed by atoms with Crippen LogP contribution in [-0.2, 0) is 21.4 Å². The smallest absolute Gasteiger partial charge is 0.308 e. The van der Waals surface area contributed by atoms with Gasteiger partial charge >= 0.3 is 4.87 Å². The van der Waals surface area contributed by atoms with Crippen LogP contribution in [0.4, 0.5) is 11.4 Å². The highest BCUT2D eigenvalue weighted by Gasteiger charge is 2.28. The Kier molecular flexibility index (Phi) is 8.46. The SMILES string of the molecule is CCOc1ccc(N(CC(=O)Nc2ccc3c(c2)sc(=O)n3CC)S(=O)(=O)c2ccc(OC)c(OC)c2)cc1. The van der Waals surface area contributed by atoms with Crippen molar-refractivity contribution in [2.24, 2.45) is 0 Å². The molecule has 0 radical (unpaired) electrons. The fourth-order valence-corrected chi connectivity index (χ4v) is 6.50. The first-order chi connectivity index (χ1) is 18.7. The molecule has 0 aliphatic heterocycles. The van der Waals surface area contributed by atoms with Crippen molar-refractivity contribution in [1.82, 2.24) is 4.57 Å². The Morgan fingerprint density at radius 1 is 0.974 bits per heavy atom. The molecule has 0 aliphatic rings. The lowest BCUT2D eigenvalue weighted by atomic mass is 10.3. The summed E-state index contributed by atoms with van der Waals surface area (Å²) < 4.78 is 47.0. The predicted octanol–water partition coefficient (Wildman–Crippen LogP) is 4.33. The summed E-state index contributed by atoms with van der Waals surface area (Å²) in [7, 11) is -1.35. The Labute approximate surface area is 230 Å². The van der Waals surface area contributed by atoms with Crippen molar-refractivity contribution in [2.75, 3.05) is 37.0 Å². The summed E-state index contributed by atoms with van der Waals surface area (Å²) in [6, 6.07) is 15.8. The van der Waals surface area contributed by atoms with E-state index in [2.05, 4.69) is 5.32 Å². The number of nitrogens with one attached hydrogen (secondary N) is 1. The van der Waals surface area contributed by atoms with Crippen molar-refractivity contribution in [2.45, 2.75) is 25.3 Å². The van der Waals surface area contributed by atoms with E-state index < -0.39 is 22.5 Å². The van der Waals surface area contributed by atoms with Crippen LogP contribution in [0.1, 0.15) is 13.8 Å². The Balaban J connectivity index is 1.67. The van der Waals surface area contributed by atoms with Gasteiger partial charge < -0.3 is 19.5 Å². The van der Waals surface area contributed by atoms with Crippen LogP contribution < -0.4 is 28.7 Å². The van der Waals surface area contributed by atoms with Crippen LogP contribution in [0.25, 0.3) is 10.2 Å². The zero-order valence-electron chi connectivity index (χ0n) is 22.0. The number of benzene rings is 3. The molecule has 0 saturated carbocycles. The van der Waals surface area contributed by atoms with Gasteiger partial charge in [-0.15, -0.1) is 0 Å². The van der Waals surface area contributed by atoms with Gasteiger partial charge in [0.25, 0.3) is 10.0 Å². The fourth-order valence-electron chi connectivity index (χ4n) is 4.07. The third-order valence-corrected chi connectivity index (χ3v) is 8.65.